The van der Waals surface area contributed by atoms with Crippen LogP contribution in [0.25, 0.3) is 0 Å². The van der Waals surface area contributed by atoms with E-state index in [0.717, 1.165) is 0 Å². The summed E-state index contributed by atoms with van der Waals surface area (Å²) in [5, 5.41) is 0.675. The number of hydrogen-bond acceptors (Lipinski definition) is 6. The molecule has 0 aliphatic heterocycles. The van der Waals surface area contributed by atoms with Crippen LogP contribution in [0.15, 0.2) is 17.2 Å². The number of thioether (sulfide) groups is 1. The second-order valence-corrected chi connectivity index (χ2v) is 7.63. The third-order valence-corrected chi connectivity index (χ3v) is 2.93. The van der Waals surface area contributed by atoms with Gasteiger partial charge in [-0.05, 0) is 53.7 Å². The summed E-state index contributed by atoms with van der Waals surface area (Å²) in [6.45, 7) is 11.3. The third kappa shape index (κ3) is 7.22. The van der Waals surface area contributed by atoms with Crippen LogP contribution in [0.1, 0.15) is 41.5 Å². The Hall–Kier alpha value is -1.43. The molecule has 0 unspecified atom stereocenters. The predicted octanol–water partition coefficient (Wildman–Crippen LogP) is 3.27. The lowest BCUT2D eigenvalue weighted by Crippen LogP contribution is -2.25. The maximum Gasteiger partial charge on any atom is 0.316 e. The van der Waals surface area contributed by atoms with Gasteiger partial charge in [0.05, 0.1) is 11.4 Å². The summed E-state index contributed by atoms with van der Waals surface area (Å²) in [5.41, 5.74) is 5.47. The molecule has 0 atom stereocenters. The van der Waals surface area contributed by atoms with Crippen molar-refractivity contribution < 1.29 is 14.3 Å². The molecule has 1 aromatic heterocycles. The van der Waals surface area contributed by atoms with Crippen molar-refractivity contribution >= 4 is 23.4 Å². The zero-order valence-electron chi connectivity index (χ0n) is 13.5. The summed E-state index contributed by atoms with van der Waals surface area (Å²) in [7, 11) is 0. The fraction of sp³-hybridized carbons (Fsp3) is 0.600. The molecule has 1 heterocycles. The number of nitrogens with two attached hydrogens (primary N) is 1. The lowest BCUT2D eigenvalue weighted by atomic mass is 10.2. The summed E-state index contributed by atoms with van der Waals surface area (Å²) in [4.78, 5) is 16.0. The maximum absolute atomic E-state index is 11.7. The second kappa shape index (κ2) is 6.56. The standard InChI is InChI=1S/C15H24N2O3S/c1-14(2,3)19-12(18)9-21-11-8-7-10(16)13(17-11)20-15(4,5)6/h7-8H,9,16H2,1-6H3. The van der Waals surface area contributed by atoms with E-state index in [-0.39, 0.29) is 17.3 Å². The maximum atomic E-state index is 11.7. The number of rotatable bonds is 4. The molecule has 5 nitrogen and oxygen atoms in total. The van der Waals surface area contributed by atoms with E-state index in [0.29, 0.717) is 16.6 Å². The molecule has 0 amide bonds. The van der Waals surface area contributed by atoms with Crippen molar-refractivity contribution in [1.82, 2.24) is 4.98 Å². The summed E-state index contributed by atoms with van der Waals surface area (Å²) < 4.78 is 10.9. The van der Waals surface area contributed by atoms with E-state index in [9.17, 15) is 4.79 Å². The first kappa shape index (κ1) is 17.6. The molecule has 0 bridgehead atoms. The monoisotopic (exact) mass is 312 g/mol. The van der Waals surface area contributed by atoms with Crippen molar-refractivity contribution in [1.29, 1.82) is 0 Å². The van der Waals surface area contributed by atoms with E-state index < -0.39 is 5.60 Å². The van der Waals surface area contributed by atoms with E-state index in [1.165, 1.54) is 11.8 Å². The fourth-order valence-electron chi connectivity index (χ4n) is 1.39. The summed E-state index contributed by atoms with van der Waals surface area (Å²) in [6, 6.07) is 3.49. The molecule has 6 heteroatoms. The SMILES string of the molecule is CC(C)(C)OC(=O)CSc1ccc(N)c(OC(C)(C)C)n1. The first-order valence-corrected chi connectivity index (χ1v) is 7.75. The third-order valence-electron chi connectivity index (χ3n) is 2.02. The van der Waals surface area contributed by atoms with Crippen molar-refractivity contribution in [3.05, 3.63) is 12.1 Å². The quantitative estimate of drug-likeness (QED) is 0.679. The highest BCUT2D eigenvalue weighted by Crippen LogP contribution is 2.27. The van der Waals surface area contributed by atoms with Gasteiger partial charge in [-0.1, -0.05) is 11.8 Å². The van der Waals surface area contributed by atoms with Crippen LogP contribution in [0.3, 0.4) is 0 Å². The first-order valence-electron chi connectivity index (χ1n) is 6.76. The molecule has 2 N–H and O–H groups in total. The number of carbonyl (C=O) groups excluding carboxylic acids is 1. The van der Waals surface area contributed by atoms with E-state index in [1.807, 2.05) is 41.5 Å². The van der Waals surface area contributed by atoms with Gasteiger partial charge in [-0.25, -0.2) is 4.98 Å². The van der Waals surface area contributed by atoms with Crippen LogP contribution < -0.4 is 10.5 Å². The average molecular weight is 312 g/mol. The van der Waals surface area contributed by atoms with Gasteiger partial charge in [0.1, 0.15) is 16.2 Å². The van der Waals surface area contributed by atoms with Gasteiger partial charge in [0.15, 0.2) is 0 Å². The number of pyridine rings is 1. The molecule has 0 saturated heterocycles. The molecule has 0 aliphatic carbocycles. The molecule has 0 saturated carbocycles. The van der Waals surface area contributed by atoms with Gasteiger partial charge in [-0.2, -0.15) is 0 Å². The van der Waals surface area contributed by atoms with Crippen LogP contribution in [0.2, 0.25) is 0 Å². The largest absolute Gasteiger partial charge is 0.470 e. The lowest BCUT2D eigenvalue weighted by molar-refractivity contribution is -0.151. The van der Waals surface area contributed by atoms with Crippen molar-refractivity contribution in [2.45, 2.75) is 57.8 Å². The molecule has 0 fully saturated rings. The van der Waals surface area contributed by atoms with Crippen LogP contribution >= 0.6 is 11.8 Å². The van der Waals surface area contributed by atoms with Gasteiger partial charge in [0.2, 0.25) is 5.88 Å². The molecule has 21 heavy (non-hydrogen) atoms. The topological polar surface area (TPSA) is 74.4 Å². The van der Waals surface area contributed by atoms with Gasteiger partial charge in [0, 0.05) is 0 Å². The minimum absolute atomic E-state index is 0.198. The van der Waals surface area contributed by atoms with Gasteiger partial charge >= 0.3 is 5.97 Å². The molecule has 118 valence electrons. The minimum Gasteiger partial charge on any atom is -0.470 e. The molecule has 0 aliphatic rings. The van der Waals surface area contributed by atoms with Crippen molar-refractivity contribution in [2.24, 2.45) is 0 Å². The molecular weight excluding hydrogens is 288 g/mol. The van der Waals surface area contributed by atoms with Gasteiger partial charge in [-0.15, -0.1) is 0 Å². The molecule has 0 radical (unpaired) electrons. The Labute approximate surface area is 130 Å². The van der Waals surface area contributed by atoms with Crippen LogP contribution in [-0.2, 0) is 9.53 Å². The first-order chi connectivity index (χ1) is 9.46. The molecule has 0 spiro atoms. The molecule has 1 rings (SSSR count). The van der Waals surface area contributed by atoms with E-state index in [2.05, 4.69) is 4.98 Å². The highest BCUT2D eigenvalue weighted by atomic mass is 32.2. The van der Waals surface area contributed by atoms with Crippen molar-refractivity contribution in [3.63, 3.8) is 0 Å². The normalized spacial score (nSPS) is 12.1. The Kier molecular flexibility index (Phi) is 5.50. The number of hydrogen-bond donors (Lipinski definition) is 1. The average Bonchev–Trinajstić information content (AvgIpc) is 2.26. The van der Waals surface area contributed by atoms with Gasteiger partial charge in [0.25, 0.3) is 0 Å². The van der Waals surface area contributed by atoms with Crippen LogP contribution in [0.4, 0.5) is 5.69 Å². The minimum atomic E-state index is -0.479. The Morgan fingerprint density at radius 2 is 1.81 bits per heavy atom. The van der Waals surface area contributed by atoms with E-state index in [4.69, 9.17) is 15.2 Å². The molecule has 1 aromatic rings. The number of esters is 1. The number of carbonyl (C=O) groups is 1. The zero-order valence-corrected chi connectivity index (χ0v) is 14.3. The molecular formula is C15H24N2O3S. The summed E-state index contributed by atoms with van der Waals surface area (Å²) in [6.07, 6.45) is 0. The van der Waals surface area contributed by atoms with Crippen LogP contribution in [0, 0.1) is 0 Å². The lowest BCUT2D eigenvalue weighted by Gasteiger charge is -2.21. The van der Waals surface area contributed by atoms with E-state index in [1.54, 1.807) is 12.1 Å². The number of nitrogen functional groups attached to an aromatic ring is 1. The smallest absolute Gasteiger partial charge is 0.316 e. The highest BCUT2D eigenvalue weighted by molar-refractivity contribution is 7.99. The zero-order chi connectivity index (χ0) is 16.3. The Bertz CT molecular complexity index is 505. The fourth-order valence-corrected chi connectivity index (χ4v) is 2.03. The van der Waals surface area contributed by atoms with Crippen LogP contribution in [-0.4, -0.2) is 27.9 Å². The van der Waals surface area contributed by atoms with Crippen LogP contribution in [0.5, 0.6) is 5.88 Å². The van der Waals surface area contributed by atoms with Crippen molar-refractivity contribution in [3.8, 4) is 5.88 Å². The van der Waals surface area contributed by atoms with E-state index >= 15 is 0 Å². The predicted molar refractivity (Wildman–Crippen MR) is 85.6 cm³/mol. The number of anilines is 1. The molecule has 0 aromatic carbocycles. The number of aromatic nitrogens is 1. The highest BCUT2D eigenvalue weighted by Gasteiger charge is 2.18. The van der Waals surface area contributed by atoms with Crippen molar-refractivity contribution in [2.75, 3.05) is 11.5 Å². The summed E-state index contributed by atoms with van der Waals surface area (Å²) in [5.74, 6) is 0.310. The van der Waals surface area contributed by atoms with Gasteiger partial charge in [-0.3, -0.25) is 4.79 Å². The number of ether oxygens (including phenoxy) is 2. The Balaban J connectivity index is 2.69. The summed E-state index contributed by atoms with van der Waals surface area (Å²) >= 11 is 1.30. The Morgan fingerprint density at radius 3 is 2.33 bits per heavy atom. The number of nitrogens with zero attached hydrogens (tertiary/aromatic N) is 1. The Morgan fingerprint density at radius 1 is 1.19 bits per heavy atom. The van der Waals surface area contributed by atoms with Gasteiger partial charge < -0.3 is 15.2 Å². The second-order valence-electron chi connectivity index (χ2n) is 6.63.